The molecule has 2 amide bonds. The van der Waals surface area contributed by atoms with Gasteiger partial charge in [0.05, 0.1) is 5.69 Å². The Kier molecular flexibility index (Phi) is 8.32. The Morgan fingerprint density at radius 1 is 1.17 bits per heavy atom. The third-order valence-corrected chi connectivity index (χ3v) is 5.39. The minimum atomic E-state index is -0.255. The van der Waals surface area contributed by atoms with Crippen LogP contribution in [0.5, 0.6) is 5.75 Å². The van der Waals surface area contributed by atoms with Crippen LogP contribution >= 0.6 is 0 Å². The van der Waals surface area contributed by atoms with Gasteiger partial charge in [-0.25, -0.2) is 9.78 Å². The predicted octanol–water partition coefficient (Wildman–Crippen LogP) is 3.72. The van der Waals surface area contributed by atoms with Crippen molar-refractivity contribution in [1.82, 2.24) is 15.2 Å². The fourth-order valence-corrected chi connectivity index (χ4v) is 3.56. The molecule has 1 saturated heterocycles. The SMILES string of the molecule is CCN(CC)CCOc1ccccc1NC(=O)NCc1ccnc(N2CCCC2)c1. The Morgan fingerprint density at radius 2 is 1.93 bits per heavy atom. The molecule has 162 valence electrons. The molecule has 2 N–H and O–H groups in total. The molecule has 0 saturated carbocycles. The first-order chi connectivity index (χ1) is 14.7. The van der Waals surface area contributed by atoms with Gasteiger partial charge in [0.15, 0.2) is 0 Å². The van der Waals surface area contributed by atoms with Crippen LogP contribution in [-0.2, 0) is 6.54 Å². The highest BCUT2D eigenvalue weighted by molar-refractivity contribution is 5.90. The summed E-state index contributed by atoms with van der Waals surface area (Å²) in [7, 11) is 0. The van der Waals surface area contributed by atoms with Gasteiger partial charge in [-0.1, -0.05) is 26.0 Å². The first kappa shape index (κ1) is 21.9. The topological polar surface area (TPSA) is 69.7 Å². The Labute approximate surface area is 179 Å². The molecule has 1 fully saturated rings. The summed E-state index contributed by atoms with van der Waals surface area (Å²) in [5.74, 6) is 1.67. The molecule has 1 aliphatic heterocycles. The normalized spacial score (nSPS) is 13.5. The second kappa shape index (κ2) is 11.4. The Morgan fingerprint density at radius 3 is 2.70 bits per heavy atom. The monoisotopic (exact) mass is 411 g/mol. The van der Waals surface area contributed by atoms with Gasteiger partial charge in [-0.3, -0.25) is 0 Å². The number of benzene rings is 1. The van der Waals surface area contributed by atoms with Gasteiger partial charge in [-0.2, -0.15) is 0 Å². The summed E-state index contributed by atoms with van der Waals surface area (Å²) >= 11 is 0. The molecule has 7 nitrogen and oxygen atoms in total. The van der Waals surface area contributed by atoms with Crippen LogP contribution in [-0.4, -0.2) is 55.2 Å². The molecule has 30 heavy (non-hydrogen) atoms. The third kappa shape index (κ3) is 6.35. The molecule has 3 rings (SSSR count). The number of pyridine rings is 1. The van der Waals surface area contributed by atoms with Crippen molar-refractivity contribution >= 4 is 17.5 Å². The van der Waals surface area contributed by atoms with Crippen LogP contribution in [0.2, 0.25) is 0 Å². The second-order valence-electron chi connectivity index (χ2n) is 7.40. The third-order valence-electron chi connectivity index (χ3n) is 5.39. The number of carbonyl (C=O) groups excluding carboxylic acids is 1. The van der Waals surface area contributed by atoms with E-state index in [0.717, 1.165) is 44.1 Å². The number of rotatable bonds is 10. The summed E-state index contributed by atoms with van der Waals surface area (Å²) in [6.07, 6.45) is 4.23. The van der Waals surface area contributed by atoms with Gasteiger partial charge in [-0.15, -0.1) is 0 Å². The lowest BCUT2D eigenvalue weighted by Gasteiger charge is -2.19. The molecule has 1 aromatic carbocycles. The van der Waals surface area contributed by atoms with Crippen molar-refractivity contribution in [3.63, 3.8) is 0 Å². The van der Waals surface area contributed by atoms with Crippen LogP contribution in [0, 0.1) is 0 Å². The minimum absolute atomic E-state index is 0.255. The highest BCUT2D eigenvalue weighted by atomic mass is 16.5. The summed E-state index contributed by atoms with van der Waals surface area (Å²) in [6.45, 7) is 10.3. The molecule has 2 heterocycles. The zero-order chi connectivity index (χ0) is 21.2. The summed E-state index contributed by atoms with van der Waals surface area (Å²) in [4.78, 5) is 21.5. The van der Waals surface area contributed by atoms with E-state index in [-0.39, 0.29) is 6.03 Å². The van der Waals surface area contributed by atoms with Crippen LogP contribution in [0.15, 0.2) is 42.6 Å². The van der Waals surface area contributed by atoms with Crippen molar-refractivity contribution in [1.29, 1.82) is 0 Å². The van der Waals surface area contributed by atoms with Gasteiger partial charge in [0, 0.05) is 32.4 Å². The molecule has 0 aliphatic carbocycles. The number of para-hydroxylation sites is 2. The van der Waals surface area contributed by atoms with Crippen molar-refractivity contribution < 1.29 is 9.53 Å². The predicted molar refractivity (Wildman–Crippen MR) is 121 cm³/mol. The molecular weight excluding hydrogens is 378 g/mol. The smallest absolute Gasteiger partial charge is 0.319 e. The van der Waals surface area contributed by atoms with E-state index in [1.165, 1.54) is 12.8 Å². The quantitative estimate of drug-likeness (QED) is 0.624. The van der Waals surface area contributed by atoms with E-state index < -0.39 is 0 Å². The number of carbonyl (C=O) groups is 1. The van der Waals surface area contributed by atoms with E-state index in [1.807, 2.05) is 36.5 Å². The molecule has 0 radical (unpaired) electrons. The van der Waals surface area contributed by atoms with Gasteiger partial charge in [0.1, 0.15) is 18.2 Å². The Hall–Kier alpha value is -2.80. The van der Waals surface area contributed by atoms with Gasteiger partial charge in [-0.05, 0) is 55.8 Å². The molecule has 7 heteroatoms. The molecule has 1 aromatic heterocycles. The number of anilines is 2. The fraction of sp³-hybridized carbons (Fsp3) is 0.478. The van der Waals surface area contributed by atoms with Gasteiger partial charge < -0.3 is 25.2 Å². The number of likely N-dealkylation sites (N-methyl/N-ethyl adjacent to an activating group) is 1. The minimum Gasteiger partial charge on any atom is -0.490 e. The summed E-state index contributed by atoms with van der Waals surface area (Å²) in [5, 5.41) is 5.83. The zero-order valence-electron chi connectivity index (χ0n) is 18.1. The summed E-state index contributed by atoms with van der Waals surface area (Å²) < 4.78 is 5.91. The maximum Gasteiger partial charge on any atom is 0.319 e. The number of aromatic nitrogens is 1. The van der Waals surface area contributed by atoms with Gasteiger partial charge >= 0.3 is 6.03 Å². The average molecular weight is 412 g/mol. The Balaban J connectivity index is 1.51. The molecule has 0 bridgehead atoms. The van der Waals surface area contributed by atoms with Crippen molar-refractivity contribution in [3.05, 3.63) is 48.2 Å². The molecule has 0 spiro atoms. The van der Waals surface area contributed by atoms with Crippen molar-refractivity contribution in [2.75, 3.05) is 49.5 Å². The molecule has 0 unspecified atom stereocenters. The number of ether oxygens (including phenoxy) is 1. The molecule has 2 aromatic rings. The first-order valence-electron chi connectivity index (χ1n) is 10.9. The highest BCUT2D eigenvalue weighted by Gasteiger charge is 2.14. The number of nitrogens with one attached hydrogen (secondary N) is 2. The number of nitrogens with zero attached hydrogens (tertiary/aromatic N) is 3. The number of amides is 2. The average Bonchev–Trinajstić information content (AvgIpc) is 3.32. The van der Waals surface area contributed by atoms with Crippen LogP contribution in [0.1, 0.15) is 32.3 Å². The van der Waals surface area contributed by atoms with Gasteiger partial charge in [0.2, 0.25) is 0 Å². The lowest BCUT2D eigenvalue weighted by Crippen LogP contribution is -2.29. The van der Waals surface area contributed by atoms with Gasteiger partial charge in [0.25, 0.3) is 0 Å². The van der Waals surface area contributed by atoms with Crippen molar-refractivity contribution in [3.8, 4) is 5.75 Å². The maximum absolute atomic E-state index is 12.4. The van der Waals surface area contributed by atoms with E-state index in [0.29, 0.717) is 24.6 Å². The van der Waals surface area contributed by atoms with Crippen LogP contribution < -0.4 is 20.3 Å². The zero-order valence-corrected chi connectivity index (χ0v) is 18.1. The van der Waals surface area contributed by atoms with E-state index >= 15 is 0 Å². The fourth-order valence-electron chi connectivity index (χ4n) is 3.56. The van der Waals surface area contributed by atoms with Crippen molar-refractivity contribution in [2.24, 2.45) is 0 Å². The maximum atomic E-state index is 12.4. The lowest BCUT2D eigenvalue weighted by atomic mass is 10.2. The second-order valence-corrected chi connectivity index (χ2v) is 7.40. The molecule has 1 aliphatic rings. The van der Waals surface area contributed by atoms with Crippen LogP contribution in [0.3, 0.4) is 0 Å². The molecular formula is C23H33N5O2. The summed E-state index contributed by atoms with van der Waals surface area (Å²) in [6, 6.07) is 11.3. The van der Waals surface area contributed by atoms with E-state index in [2.05, 4.69) is 45.3 Å². The highest BCUT2D eigenvalue weighted by Crippen LogP contribution is 2.23. The largest absolute Gasteiger partial charge is 0.490 e. The number of urea groups is 1. The van der Waals surface area contributed by atoms with E-state index in [9.17, 15) is 4.79 Å². The lowest BCUT2D eigenvalue weighted by molar-refractivity contribution is 0.223. The van der Waals surface area contributed by atoms with E-state index in [1.54, 1.807) is 0 Å². The Bertz CT molecular complexity index is 804. The standard InChI is InChI=1S/C23H33N5O2/c1-3-27(4-2)15-16-30-21-10-6-5-9-20(21)26-23(29)25-18-19-11-12-24-22(17-19)28-13-7-8-14-28/h5-6,9-12,17H,3-4,7-8,13-16,18H2,1-2H3,(H2,25,26,29). The summed E-state index contributed by atoms with van der Waals surface area (Å²) in [5.41, 5.74) is 1.70. The first-order valence-corrected chi connectivity index (χ1v) is 10.9. The van der Waals surface area contributed by atoms with E-state index in [4.69, 9.17) is 4.74 Å². The number of hydrogen-bond donors (Lipinski definition) is 2. The van der Waals surface area contributed by atoms with Crippen molar-refractivity contribution in [2.45, 2.75) is 33.2 Å². The van der Waals surface area contributed by atoms with Crippen LogP contribution in [0.25, 0.3) is 0 Å². The number of hydrogen-bond acceptors (Lipinski definition) is 5. The van der Waals surface area contributed by atoms with Crippen LogP contribution in [0.4, 0.5) is 16.3 Å². The molecule has 0 atom stereocenters.